The number of benzene rings is 1. The lowest BCUT2D eigenvalue weighted by Gasteiger charge is -2.28. The number of carbonyl (C=O) groups is 3. The molecular formula is C32H48N10O6. The fraction of sp³-hybridized carbons (Fsp3) is 0.531. The largest absolute Gasteiger partial charge is 0.480 e. The lowest BCUT2D eigenvalue weighted by atomic mass is 10.0. The molecule has 16 heteroatoms. The van der Waals surface area contributed by atoms with Gasteiger partial charge >= 0.3 is 5.97 Å². The number of nitrogens with one attached hydrogen (secondary N) is 2. The summed E-state index contributed by atoms with van der Waals surface area (Å²) in [5.74, 6) is -1.97. The van der Waals surface area contributed by atoms with Crippen molar-refractivity contribution in [2.45, 2.75) is 77.2 Å². The number of carboxylic acid groups (broad SMARTS) is 1. The molecule has 0 spiro atoms. The van der Waals surface area contributed by atoms with Crippen LogP contribution in [0.4, 0.5) is 17.5 Å². The molecule has 2 aromatic heterocycles. The van der Waals surface area contributed by atoms with E-state index in [9.17, 15) is 19.5 Å². The van der Waals surface area contributed by atoms with Gasteiger partial charge in [0.05, 0.1) is 42.9 Å². The SMILES string of the molecule is CN(Cc1cnc2nc(N)nc(N)c2n1)c1ccc(C(=O)N[C@@H](CCC(=O)NCCC(C)(C)OCCOC(C)(C)CCN)C(=O)O)cc1. The van der Waals surface area contributed by atoms with Crippen molar-refractivity contribution < 1.29 is 29.0 Å². The Bertz CT molecular complexity index is 1550. The minimum Gasteiger partial charge on any atom is -0.480 e. The van der Waals surface area contributed by atoms with Crippen LogP contribution in [0, 0.1) is 0 Å². The summed E-state index contributed by atoms with van der Waals surface area (Å²) in [4.78, 5) is 55.8. The Labute approximate surface area is 280 Å². The maximum atomic E-state index is 12.9. The van der Waals surface area contributed by atoms with E-state index in [2.05, 4.69) is 30.6 Å². The molecule has 0 unspecified atom stereocenters. The monoisotopic (exact) mass is 668 g/mol. The normalized spacial score (nSPS) is 12.5. The molecule has 3 rings (SSSR count). The highest BCUT2D eigenvalue weighted by Gasteiger charge is 2.23. The van der Waals surface area contributed by atoms with Crippen molar-refractivity contribution >= 4 is 46.4 Å². The van der Waals surface area contributed by atoms with E-state index in [0.717, 1.165) is 12.1 Å². The van der Waals surface area contributed by atoms with Crippen molar-refractivity contribution in [2.75, 3.05) is 49.7 Å². The second-order valence-electron chi connectivity index (χ2n) is 12.7. The van der Waals surface area contributed by atoms with Gasteiger partial charge in [0.1, 0.15) is 6.04 Å². The second kappa shape index (κ2) is 16.9. The summed E-state index contributed by atoms with van der Waals surface area (Å²) in [7, 11) is 1.84. The zero-order chi connectivity index (χ0) is 35.5. The van der Waals surface area contributed by atoms with Gasteiger partial charge in [0.2, 0.25) is 11.9 Å². The van der Waals surface area contributed by atoms with Crippen LogP contribution in [0.25, 0.3) is 11.2 Å². The summed E-state index contributed by atoms with van der Waals surface area (Å²) >= 11 is 0. The maximum absolute atomic E-state index is 12.9. The number of nitrogen functional groups attached to an aromatic ring is 2. The number of aliphatic carboxylic acids is 1. The van der Waals surface area contributed by atoms with E-state index in [4.69, 9.17) is 26.7 Å². The Morgan fingerprint density at radius 3 is 2.25 bits per heavy atom. The molecule has 0 aliphatic heterocycles. The number of ether oxygens (including phenoxy) is 2. The van der Waals surface area contributed by atoms with Gasteiger partial charge in [0.15, 0.2) is 17.0 Å². The first-order valence-corrected chi connectivity index (χ1v) is 15.7. The summed E-state index contributed by atoms with van der Waals surface area (Å²) in [5.41, 5.74) is 18.6. The highest BCUT2D eigenvalue weighted by atomic mass is 16.5. The number of aromatic nitrogens is 4. The molecule has 16 nitrogen and oxygen atoms in total. The molecule has 0 bridgehead atoms. The number of amides is 2. The van der Waals surface area contributed by atoms with Crippen LogP contribution >= 0.6 is 0 Å². The molecule has 1 atom stereocenters. The smallest absolute Gasteiger partial charge is 0.326 e. The van der Waals surface area contributed by atoms with Crippen LogP contribution in [0.1, 0.15) is 69.4 Å². The van der Waals surface area contributed by atoms with Gasteiger partial charge < -0.3 is 47.3 Å². The molecule has 2 amide bonds. The van der Waals surface area contributed by atoms with Gasteiger partial charge in [0.25, 0.3) is 5.91 Å². The highest BCUT2D eigenvalue weighted by molar-refractivity contribution is 5.97. The first-order valence-electron chi connectivity index (χ1n) is 15.7. The number of carbonyl (C=O) groups excluding carboxylic acids is 2. The molecule has 262 valence electrons. The fourth-order valence-electron chi connectivity index (χ4n) is 4.75. The van der Waals surface area contributed by atoms with Gasteiger partial charge in [-0.15, -0.1) is 0 Å². The Kier molecular flexibility index (Phi) is 13.3. The summed E-state index contributed by atoms with van der Waals surface area (Å²) < 4.78 is 11.7. The number of hydrogen-bond acceptors (Lipinski definition) is 13. The number of fused-ring (bicyclic) bond motifs is 1. The molecule has 0 radical (unpaired) electrons. The van der Waals surface area contributed by atoms with E-state index in [1.807, 2.05) is 39.6 Å². The Morgan fingerprint density at radius 2 is 1.62 bits per heavy atom. The van der Waals surface area contributed by atoms with Gasteiger partial charge in [-0.3, -0.25) is 9.59 Å². The van der Waals surface area contributed by atoms with Crippen molar-refractivity contribution in [3.05, 3.63) is 41.7 Å². The number of nitrogens with zero attached hydrogens (tertiary/aromatic N) is 5. The lowest BCUT2D eigenvalue weighted by Crippen LogP contribution is -2.42. The molecule has 2 heterocycles. The predicted molar refractivity (Wildman–Crippen MR) is 182 cm³/mol. The Hall–Kier alpha value is -4.67. The zero-order valence-corrected chi connectivity index (χ0v) is 28.3. The van der Waals surface area contributed by atoms with Crippen LogP contribution in [0.3, 0.4) is 0 Å². The third kappa shape index (κ3) is 11.8. The van der Waals surface area contributed by atoms with Gasteiger partial charge in [-0.2, -0.15) is 9.97 Å². The Balaban J connectivity index is 1.44. The summed E-state index contributed by atoms with van der Waals surface area (Å²) in [6.45, 7) is 9.90. The maximum Gasteiger partial charge on any atom is 0.326 e. The minimum absolute atomic E-state index is 0.0158. The molecule has 0 fully saturated rings. The van der Waals surface area contributed by atoms with E-state index in [1.165, 1.54) is 0 Å². The van der Waals surface area contributed by atoms with Crippen molar-refractivity contribution in [1.29, 1.82) is 0 Å². The number of rotatable bonds is 19. The van der Waals surface area contributed by atoms with E-state index in [-0.39, 0.29) is 41.7 Å². The van der Waals surface area contributed by atoms with E-state index >= 15 is 0 Å². The lowest BCUT2D eigenvalue weighted by molar-refractivity contribution is -0.139. The average Bonchev–Trinajstić information content (AvgIpc) is 3.01. The zero-order valence-electron chi connectivity index (χ0n) is 28.3. The van der Waals surface area contributed by atoms with E-state index in [0.29, 0.717) is 56.1 Å². The topological polar surface area (TPSA) is 247 Å². The summed E-state index contributed by atoms with van der Waals surface area (Å²) in [6, 6.07) is 5.39. The van der Waals surface area contributed by atoms with E-state index < -0.39 is 23.5 Å². The van der Waals surface area contributed by atoms with Crippen molar-refractivity contribution in [3.63, 3.8) is 0 Å². The third-order valence-electron chi connectivity index (χ3n) is 7.60. The first kappa shape index (κ1) is 37.8. The van der Waals surface area contributed by atoms with Gasteiger partial charge in [-0.05, 0) is 77.8 Å². The molecule has 0 aliphatic carbocycles. The molecule has 1 aromatic carbocycles. The molecule has 48 heavy (non-hydrogen) atoms. The van der Waals surface area contributed by atoms with Gasteiger partial charge in [0, 0.05) is 31.3 Å². The average molecular weight is 669 g/mol. The number of hydrogen-bond donors (Lipinski definition) is 6. The fourth-order valence-corrected chi connectivity index (χ4v) is 4.75. The van der Waals surface area contributed by atoms with E-state index in [1.54, 1.807) is 30.5 Å². The van der Waals surface area contributed by atoms with Gasteiger partial charge in [-0.1, -0.05) is 0 Å². The van der Waals surface area contributed by atoms with Crippen LogP contribution in [0.5, 0.6) is 0 Å². The van der Waals surface area contributed by atoms with Crippen LogP contribution in [-0.4, -0.2) is 93.4 Å². The summed E-state index contributed by atoms with van der Waals surface area (Å²) in [6.07, 6.45) is 2.71. The van der Waals surface area contributed by atoms with Crippen LogP contribution in [0.15, 0.2) is 30.5 Å². The minimum atomic E-state index is -1.24. The van der Waals surface area contributed by atoms with Crippen LogP contribution in [0.2, 0.25) is 0 Å². The van der Waals surface area contributed by atoms with Crippen LogP contribution in [-0.2, 0) is 25.6 Å². The molecule has 0 saturated carbocycles. The number of anilines is 3. The van der Waals surface area contributed by atoms with Crippen molar-refractivity contribution in [2.24, 2.45) is 5.73 Å². The summed E-state index contributed by atoms with van der Waals surface area (Å²) in [5, 5.41) is 15.0. The molecule has 0 aliphatic rings. The first-order chi connectivity index (χ1) is 22.6. The highest BCUT2D eigenvalue weighted by Crippen LogP contribution is 2.19. The van der Waals surface area contributed by atoms with Crippen LogP contribution < -0.4 is 32.7 Å². The molecule has 0 saturated heterocycles. The number of carboxylic acids is 1. The van der Waals surface area contributed by atoms with Crippen molar-refractivity contribution in [1.82, 2.24) is 30.6 Å². The Morgan fingerprint density at radius 1 is 0.979 bits per heavy atom. The standard InChI is InChI=1S/C32H48N10O6/c1-31(2,12-14-33)47-16-17-48-32(3,4)13-15-36-24(43)11-10-23(29(45)46)39-28(44)20-6-8-22(9-7-20)42(5)19-21-18-37-27-25(38-21)26(34)40-30(35)41-27/h6-9,18,23H,10-17,19,33H2,1-5H3,(H,36,43)(H,39,44)(H,45,46)(H4,34,35,37,40,41)/t23-/m0/s1. The molecular weight excluding hydrogens is 620 g/mol. The molecule has 3 aromatic rings. The second-order valence-corrected chi connectivity index (χ2v) is 12.7. The third-order valence-corrected chi connectivity index (χ3v) is 7.60. The van der Waals surface area contributed by atoms with Gasteiger partial charge in [-0.25, -0.2) is 14.8 Å². The predicted octanol–water partition coefficient (Wildman–Crippen LogP) is 1.63. The van der Waals surface area contributed by atoms with Crippen molar-refractivity contribution in [3.8, 4) is 0 Å². The molecule has 9 N–H and O–H groups in total. The number of nitrogens with two attached hydrogens (primary N) is 3. The quantitative estimate of drug-likeness (QED) is 0.0994.